The van der Waals surface area contributed by atoms with Gasteiger partial charge < -0.3 is 20.1 Å². The molecule has 122 valence electrons. The molecule has 2 N–H and O–H groups in total. The highest BCUT2D eigenvalue weighted by Crippen LogP contribution is 2.28. The summed E-state index contributed by atoms with van der Waals surface area (Å²) in [5.41, 5.74) is 1.73. The summed E-state index contributed by atoms with van der Waals surface area (Å²) in [5, 5.41) is 6.04. The van der Waals surface area contributed by atoms with Crippen LogP contribution in [0, 0.1) is 0 Å². The second-order valence-corrected chi connectivity index (χ2v) is 5.13. The van der Waals surface area contributed by atoms with Gasteiger partial charge in [0.15, 0.2) is 0 Å². The number of amides is 1. The number of anilines is 1. The van der Waals surface area contributed by atoms with Crippen LogP contribution in [0.25, 0.3) is 0 Å². The average Bonchev–Trinajstić information content (AvgIpc) is 2.60. The molecule has 2 aromatic carbocycles. The lowest BCUT2D eigenvalue weighted by molar-refractivity contribution is -0.115. The van der Waals surface area contributed by atoms with E-state index in [4.69, 9.17) is 9.47 Å². The highest BCUT2D eigenvalue weighted by molar-refractivity contribution is 5.94. The van der Waals surface area contributed by atoms with Gasteiger partial charge in [-0.05, 0) is 24.6 Å². The summed E-state index contributed by atoms with van der Waals surface area (Å²) in [6.07, 6.45) is 0. The van der Waals surface area contributed by atoms with Gasteiger partial charge in [-0.1, -0.05) is 30.3 Å². The van der Waals surface area contributed by atoms with E-state index >= 15 is 0 Å². The van der Waals surface area contributed by atoms with Gasteiger partial charge in [-0.3, -0.25) is 4.79 Å². The van der Waals surface area contributed by atoms with Crippen LogP contribution in [0.15, 0.2) is 48.5 Å². The van der Waals surface area contributed by atoms with E-state index < -0.39 is 0 Å². The van der Waals surface area contributed by atoms with Crippen molar-refractivity contribution < 1.29 is 14.3 Å². The quantitative estimate of drug-likeness (QED) is 0.825. The van der Waals surface area contributed by atoms with Gasteiger partial charge in [-0.25, -0.2) is 0 Å². The lowest BCUT2D eigenvalue weighted by atomic mass is 10.1. The predicted octanol–water partition coefficient (Wildman–Crippen LogP) is 2.99. The maximum atomic E-state index is 12.1. The van der Waals surface area contributed by atoms with Gasteiger partial charge in [-0.15, -0.1) is 0 Å². The molecule has 5 nitrogen and oxygen atoms in total. The Morgan fingerprint density at radius 1 is 1.09 bits per heavy atom. The molecule has 0 spiro atoms. The minimum absolute atomic E-state index is 0.0918. The molecule has 0 heterocycles. The highest BCUT2D eigenvalue weighted by Gasteiger charge is 2.11. The van der Waals surface area contributed by atoms with Crippen molar-refractivity contribution in [3.63, 3.8) is 0 Å². The number of carbonyl (C=O) groups is 1. The molecule has 5 heteroatoms. The van der Waals surface area contributed by atoms with Crippen LogP contribution in [0.2, 0.25) is 0 Å². The smallest absolute Gasteiger partial charge is 0.238 e. The minimum Gasteiger partial charge on any atom is -0.497 e. The Hall–Kier alpha value is -2.53. The third kappa shape index (κ3) is 4.72. The van der Waals surface area contributed by atoms with Gasteiger partial charge in [-0.2, -0.15) is 0 Å². The molecule has 0 aromatic heterocycles. The molecule has 0 saturated carbocycles. The molecule has 0 aliphatic carbocycles. The molecular formula is C18H22N2O3. The van der Waals surface area contributed by atoms with Crippen molar-refractivity contribution in [2.24, 2.45) is 0 Å². The van der Waals surface area contributed by atoms with Crippen molar-refractivity contribution in [1.82, 2.24) is 5.32 Å². The molecule has 1 amide bonds. The minimum atomic E-state index is -0.140. The van der Waals surface area contributed by atoms with Gasteiger partial charge in [0, 0.05) is 12.1 Å². The third-order valence-corrected chi connectivity index (χ3v) is 3.55. The van der Waals surface area contributed by atoms with Crippen LogP contribution in [-0.4, -0.2) is 26.7 Å². The van der Waals surface area contributed by atoms with Crippen LogP contribution in [0.4, 0.5) is 5.69 Å². The number of ether oxygens (including phenoxy) is 2. The first-order valence-corrected chi connectivity index (χ1v) is 7.44. The van der Waals surface area contributed by atoms with Crippen LogP contribution in [0.1, 0.15) is 18.5 Å². The fraction of sp³-hybridized carbons (Fsp3) is 0.278. The van der Waals surface area contributed by atoms with Gasteiger partial charge in [0.25, 0.3) is 0 Å². The van der Waals surface area contributed by atoms with Crippen LogP contribution < -0.4 is 20.1 Å². The van der Waals surface area contributed by atoms with E-state index in [1.54, 1.807) is 32.4 Å². The molecule has 0 fully saturated rings. The first-order valence-electron chi connectivity index (χ1n) is 7.44. The summed E-state index contributed by atoms with van der Waals surface area (Å²) >= 11 is 0. The Labute approximate surface area is 136 Å². The van der Waals surface area contributed by atoms with Crippen molar-refractivity contribution in [2.75, 3.05) is 26.1 Å². The SMILES string of the molecule is COc1ccc(OC)c(NC(=O)CN[C@H](C)c2ccccc2)c1. The molecule has 0 saturated heterocycles. The molecule has 0 unspecified atom stereocenters. The summed E-state index contributed by atoms with van der Waals surface area (Å²) in [6, 6.07) is 15.4. The van der Waals surface area contributed by atoms with E-state index in [1.165, 1.54) is 0 Å². The van der Waals surface area contributed by atoms with E-state index in [9.17, 15) is 4.79 Å². The molecule has 0 bridgehead atoms. The number of benzene rings is 2. The lowest BCUT2D eigenvalue weighted by Gasteiger charge is -2.15. The summed E-state index contributed by atoms with van der Waals surface area (Å²) in [5.74, 6) is 1.11. The molecule has 2 aromatic rings. The van der Waals surface area contributed by atoms with E-state index in [-0.39, 0.29) is 18.5 Å². The monoisotopic (exact) mass is 314 g/mol. The summed E-state index contributed by atoms with van der Waals surface area (Å²) in [4.78, 5) is 12.1. The summed E-state index contributed by atoms with van der Waals surface area (Å²) < 4.78 is 10.4. The zero-order valence-corrected chi connectivity index (χ0v) is 13.6. The predicted molar refractivity (Wildman–Crippen MR) is 91.0 cm³/mol. The Balaban J connectivity index is 1.94. The van der Waals surface area contributed by atoms with Gasteiger partial charge in [0.2, 0.25) is 5.91 Å². The van der Waals surface area contributed by atoms with Crippen molar-refractivity contribution >= 4 is 11.6 Å². The second kappa shape index (κ2) is 8.19. The number of hydrogen-bond acceptors (Lipinski definition) is 4. The first-order chi connectivity index (χ1) is 11.1. The Kier molecular flexibility index (Phi) is 6.00. The molecule has 0 aliphatic heterocycles. The van der Waals surface area contributed by atoms with Crippen LogP contribution in [0.3, 0.4) is 0 Å². The largest absolute Gasteiger partial charge is 0.497 e. The lowest BCUT2D eigenvalue weighted by Crippen LogP contribution is -2.30. The maximum Gasteiger partial charge on any atom is 0.238 e. The molecule has 23 heavy (non-hydrogen) atoms. The Morgan fingerprint density at radius 2 is 1.83 bits per heavy atom. The standard InChI is InChI=1S/C18H22N2O3/c1-13(14-7-5-4-6-8-14)19-12-18(21)20-16-11-15(22-2)9-10-17(16)23-3/h4-11,13,19H,12H2,1-3H3,(H,20,21)/t13-/m1/s1. The highest BCUT2D eigenvalue weighted by atomic mass is 16.5. The Bertz CT molecular complexity index is 644. The normalized spacial score (nSPS) is 11.6. The Morgan fingerprint density at radius 3 is 2.48 bits per heavy atom. The number of carbonyl (C=O) groups excluding carboxylic acids is 1. The third-order valence-electron chi connectivity index (χ3n) is 3.55. The fourth-order valence-electron chi connectivity index (χ4n) is 2.21. The molecule has 0 radical (unpaired) electrons. The van der Waals surface area contributed by atoms with Crippen molar-refractivity contribution in [2.45, 2.75) is 13.0 Å². The number of methoxy groups -OCH3 is 2. The molecular weight excluding hydrogens is 292 g/mol. The number of rotatable bonds is 7. The van der Waals surface area contributed by atoms with Crippen molar-refractivity contribution in [3.8, 4) is 11.5 Å². The zero-order valence-electron chi connectivity index (χ0n) is 13.6. The van der Waals surface area contributed by atoms with Gasteiger partial charge >= 0.3 is 0 Å². The first kappa shape index (κ1) is 16.8. The maximum absolute atomic E-state index is 12.1. The van der Waals surface area contributed by atoms with E-state index in [1.807, 2.05) is 37.3 Å². The van der Waals surface area contributed by atoms with Crippen molar-refractivity contribution in [3.05, 3.63) is 54.1 Å². The molecule has 2 rings (SSSR count). The second-order valence-electron chi connectivity index (χ2n) is 5.13. The number of nitrogens with one attached hydrogen (secondary N) is 2. The van der Waals surface area contributed by atoms with E-state index in [0.717, 1.165) is 5.56 Å². The average molecular weight is 314 g/mol. The summed E-state index contributed by atoms with van der Waals surface area (Å²) in [6.45, 7) is 2.23. The van der Waals surface area contributed by atoms with Crippen LogP contribution in [0.5, 0.6) is 11.5 Å². The van der Waals surface area contributed by atoms with E-state index in [2.05, 4.69) is 10.6 Å². The fourth-order valence-corrected chi connectivity index (χ4v) is 2.21. The van der Waals surface area contributed by atoms with Gasteiger partial charge in [0.1, 0.15) is 11.5 Å². The number of hydrogen-bond donors (Lipinski definition) is 2. The van der Waals surface area contributed by atoms with Crippen molar-refractivity contribution in [1.29, 1.82) is 0 Å². The molecule has 0 aliphatic rings. The zero-order chi connectivity index (χ0) is 16.7. The molecule has 1 atom stereocenters. The van der Waals surface area contributed by atoms with E-state index in [0.29, 0.717) is 17.2 Å². The summed E-state index contributed by atoms with van der Waals surface area (Å²) in [7, 11) is 3.14. The van der Waals surface area contributed by atoms with Crippen LogP contribution >= 0.6 is 0 Å². The topological polar surface area (TPSA) is 59.6 Å². The van der Waals surface area contributed by atoms with Gasteiger partial charge in [0.05, 0.1) is 26.5 Å². The van der Waals surface area contributed by atoms with Crippen LogP contribution in [-0.2, 0) is 4.79 Å².